The van der Waals surface area contributed by atoms with Gasteiger partial charge in [-0.25, -0.2) is 9.07 Å². The molecule has 1 saturated heterocycles. The molecule has 1 aliphatic heterocycles. The van der Waals surface area contributed by atoms with Gasteiger partial charge in [0, 0.05) is 29.7 Å². The maximum atomic E-state index is 14.9. The molecule has 1 amide bonds. The minimum atomic E-state index is -4.80. The van der Waals surface area contributed by atoms with Crippen LogP contribution in [0.5, 0.6) is 0 Å². The van der Waals surface area contributed by atoms with Crippen molar-refractivity contribution in [1.29, 1.82) is 5.41 Å². The highest BCUT2D eigenvalue weighted by atomic mass is 35.5. The number of hydrogen-bond acceptors (Lipinski definition) is 3. The largest absolute Gasteiger partial charge is 0.435 e. The SMILES string of the molecule is N=C(c1ccc(NC(=O)c2cc(C(F)(F)F)nn2-c2ccc3cc(Cl)ccc3c2)c(F)c1)N1CCCC1. The molecule has 0 saturated carbocycles. The van der Waals surface area contributed by atoms with E-state index >= 15 is 0 Å². The second-order valence-corrected chi connectivity index (χ2v) is 9.13. The molecule has 1 aliphatic rings. The summed E-state index contributed by atoms with van der Waals surface area (Å²) in [6, 6.07) is 14.3. The van der Waals surface area contributed by atoms with E-state index in [4.69, 9.17) is 17.0 Å². The molecule has 1 aromatic heterocycles. The van der Waals surface area contributed by atoms with E-state index in [2.05, 4.69) is 10.4 Å². The Morgan fingerprint density at radius 3 is 2.38 bits per heavy atom. The zero-order valence-corrected chi connectivity index (χ0v) is 20.0. The van der Waals surface area contributed by atoms with Crippen molar-refractivity contribution in [2.75, 3.05) is 18.4 Å². The first kappa shape index (κ1) is 24.8. The molecule has 2 heterocycles. The summed E-state index contributed by atoms with van der Waals surface area (Å²) in [7, 11) is 0. The number of aromatic nitrogens is 2. The third-order valence-corrected chi connectivity index (χ3v) is 6.41. The minimum absolute atomic E-state index is 0.180. The molecule has 0 bridgehead atoms. The third-order valence-electron chi connectivity index (χ3n) is 6.18. The van der Waals surface area contributed by atoms with E-state index in [1.165, 1.54) is 18.2 Å². The molecule has 6 nitrogen and oxygen atoms in total. The summed E-state index contributed by atoms with van der Waals surface area (Å²) in [6.07, 6.45) is -2.89. The molecule has 0 radical (unpaired) electrons. The zero-order chi connectivity index (χ0) is 26.3. The van der Waals surface area contributed by atoms with Crippen LogP contribution in [0, 0.1) is 11.2 Å². The Morgan fingerprint density at radius 2 is 1.68 bits per heavy atom. The van der Waals surface area contributed by atoms with Gasteiger partial charge in [0.15, 0.2) is 5.69 Å². The second kappa shape index (κ2) is 9.51. The lowest BCUT2D eigenvalue weighted by Crippen LogP contribution is -2.27. The van der Waals surface area contributed by atoms with E-state index in [9.17, 15) is 22.4 Å². The molecule has 5 rings (SSSR count). The molecular weight excluding hydrogens is 510 g/mol. The molecule has 0 atom stereocenters. The van der Waals surface area contributed by atoms with Crippen molar-refractivity contribution in [3.05, 3.63) is 88.5 Å². The van der Waals surface area contributed by atoms with Crippen molar-refractivity contribution < 1.29 is 22.4 Å². The van der Waals surface area contributed by atoms with Gasteiger partial charge in [-0.2, -0.15) is 18.3 Å². The Morgan fingerprint density at radius 1 is 0.973 bits per heavy atom. The van der Waals surface area contributed by atoms with Gasteiger partial charge in [-0.05, 0) is 66.1 Å². The highest BCUT2D eigenvalue weighted by Gasteiger charge is 2.36. The number of rotatable bonds is 4. The van der Waals surface area contributed by atoms with E-state index in [1.807, 2.05) is 4.90 Å². The molecule has 37 heavy (non-hydrogen) atoms. The van der Waals surface area contributed by atoms with Crippen molar-refractivity contribution >= 4 is 39.8 Å². The normalized spacial score (nSPS) is 13.8. The van der Waals surface area contributed by atoms with E-state index in [0.717, 1.165) is 29.0 Å². The summed E-state index contributed by atoms with van der Waals surface area (Å²) in [5, 5.41) is 16.2. The van der Waals surface area contributed by atoms with Crippen LogP contribution in [0.4, 0.5) is 23.2 Å². The van der Waals surface area contributed by atoms with E-state index in [0.29, 0.717) is 35.1 Å². The lowest BCUT2D eigenvalue weighted by atomic mass is 10.1. The smallest absolute Gasteiger partial charge is 0.357 e. The Hall–Kier alpha value is -3.92. The summed E-state index contributed by atoms with van der Waals surface area (Å²) in [5.41, 5.74) is -1.35. The van der Waals surface area contributed by atoms with Crippen LogP contribution < -0.4 is 5.32 Å². The molecule has 3 aromatic carbocycles. The molecule has 0 spiro atoms. The predicted octanol–water partition coefficient (Wildman–Crippen LogP) is 6.51. The Labute approximate surface area is 214 Å². The van der Waals surface area contributed by atoms with Crippen molar-refractivity contribution in [1.82, 2.24) is 14.7 Å². The van der Waals surface area contributed by atoms with Gasteiger partial charge in [-0.3, -0.25) is 10.2 Å². The minimum Gasteiger partial charge on any atom is -0.357 e. The van der Waals surface area contributed by atoms with Gasteiger partial charge in [0.1, 0.15) is 17.3 Å². The monoisotopic (exact) mass is 529 g/mol. The van der Waals surface area contributed by atoms with Gasteiger partial charge < -0.3 is 10.2 Å². The van der Waals surface area contributed by atoms with Crippen LogP contribution in [0.1, 0.15) is 34.6 Å². The molecular formula is C26H20ClF4N5O. The Bertz CT molecular complexity index is 1530. The number of hydrogen-bond donors (Lipinski definition) is 2. The maximum absolute atomic E-state index is 14.9. The first-order chi connectivity index (χ1) is 17.6. The number of likely N-dealkylation sites (tertiary alicyclic amines) is 1. The number of alkyl halides is 3. The molecule has 1 fully saturated rings. The number of nitrogens with one attached hydrogen (secondary N) is 2. The summed E-state index contributed by atoms with van der Waals surface area (Å²) >= 11 is 6.01. The van der Waals surface area contributed by atoms with E-state index in [1.54, 1.807) is 30.3 Å². The molecule has 0 aliphatic carbocycles. The summed E-state index contributed by atoms with van der Waals surface area (Å²) in [5.74, 6) is -1.60. The molecule has 190 valence electrons. The highest BCUT2D eigenvalue weighted by Crippen LogP contribution is 2.31. The summed E-state index contributed by atoms with van der Waals surface area (Å²) in [4.78, 5) is 14.9. The van der Waals surface area contributed by atoms with E-state index in [-0.39, 0.29) is 17.2 Å². The fourth-order valence-corrected chi connectivity index (χ4v) is 4.47. The van der Waals surface area contributed by atoms with Crippen LogP contribution in [-0.2, 0) is 6.18 Å². The lowest BCUT2D eigenvalue weighted by molar-refractivity contribution is -0.141. The van der Waals surface area contributed by atoms with Gasteiger partial charge >= 0.3 is 6.18 Å². The number of carbonyl (C=O) groups is 1. The van der Waals surface area contributed by atoms with Crippen LogP contribution in [-0.4, -0.2) is 39.5 Å². The van der Waals surface area contributed by atoms with Crippen molar-refractivity contribution in [2.24, 2.45) is 0 Å². The first-order valence-corrected chi connectivity index (χ1v) is 11.8. The summed E-state index contributed by atoms with van der Waals surface area (Å²) < 4.78 is 56.2. The first-order valence-electron chi connectivity index (χ1n) is 11.4. The van der Waals surface area contributed by atoms with E-state index < -0.39 is 29.3 Å². The average molecular weight is 530 g/mol. The van der Waals surface area contributed by atoms with Crippen molar-refractivity contribution in [3.8, 4) is 5.69 Å². The van der Waals surface area contributed by atoms with Crippen LogP contribution in [0.3, 0.4) is 0 Å². The quantitative estimate of drug-likeness (QED) is 0.180. The van der Waals surface area contributed by atoms with Gasteiger partial charge in [-0.1, -0.05) is 23.7 Å². The fourth-order valence-electron chi connectivity index (χ4n) is 4.29. The number of nitrogens with zero attached hydrogens (tertiary/aromatic N) is 3. The lowest BCUT2D eigenvalue weighted by Gasteiger charge is -2.19. The maximum Gasteiger partial charge on any atom is 0.435 e. The second-order valence-electron chi connectivity index (χ2n) is 8.69. The number of halogens is 5. The molecule has 11 heteroatoms. The van der Waals surface area contributed by atoms with Crippen LogP contribution in [0.2, 0.25) is 5.02 Å². The zero-order valence-electron chi connectivity index (χ0n) is 19.2. The molecule has 4 aromatic rings. The molecule has 0 unspecified atom stereocenters. The van der Waals surface area contributed by atoms with Gasteiger partial charge in [0.2, 0.25) is 0 Å². The number of anilines is 1. The molecule has 2 N–H and O–H groups in total. The van der Waals surface area contributed by atoms with Crippen LogP contribution in [0.15, 0.2) is 60.7 Å². The predicted molar refractivity (Wildman–Crippen MR) is 133 cm³/mol. The highest BCUT2D eigenvalue weighted by molar-refractivity contribution is 6.31. The van der Waals surface area contributed by atoms with Gasteiger partial charge in [0.05, 0.1) is 11.4 Å². The van der Waals surface area contributed by atoms with Crippen molar-refractivity contribution in [2.45, 2.75) is 19.0 Å². The van der Waals surface area contributed by atoms with Crippen molar-refractivity contribution in [3.63, 3.8) is 0 Å². The Kier molecular flexibility index (Phi) is 6.36. The topological polar surface area (TPSA) is 74.0 Å². The standard InChI is InChI=1S/C26H20ClF4N5O/c27-18-6-3-16-12-19(7-4-15(16)11-18)36-22(14-23(34-36)26(29,30)31)25(37)33-21-8-5-17(13-20(21)28)24(32)35-9-1-2-10-35/h3-8,11-14,32H,1-2,9-10H2,(H,33,37). The van der Waals surface area contributed by atoms with Crippen LogP contribution in [0.25, 0.3) is 16.5 Å². The third kappa shape index (κ3) is 5.01. The summed E-state index contributed by atoms with van der Waals surface area (Å²) in [6.45, 7) is 1.43. The average Bonchev–Trinajstić information content (AvgIpc) is 3.55. The number of benzene rings is 3. The van der Waals surface area contributed by atoms with Gasteiger partial charge in [-0.15, -0.1) is 0 Å². The van der Waals surface area contributed by atoms with Crippen LogP contribution >= 0.6 is 11.6 Å². The Balaban J connectivity index is 1.47. The fraction of sp³-hybridized carbons (Fsp3) is 0.192. The number of amides is 1. The number of amidine groups is 1. The number of carbonyl (C=O) groups excluding carboxylic acids is 1. The van der Waals surface area contributed by atoms with Gasteiger partial charge in [0.25, 0.3) is 5.91 Å². The number of fused-ring (bicyclic) bond motifs is 1.